The number of hydrogen-bond donors (Lipinski definition) is 2. The molecule has 176 valence electrons. The molecule has 1 aliphatic rings. The van der Waals surface area contributed by atoms with E-state index in [1.54, 1.807) is 41.2 Å². The number of hydrogen-bond acceptors (Lipinski definition) is 6. The van der Waals surface area contributed by atoms with Gasteiger partial charge in [-0.15, -0.1) is 0 Å². The van der Waals surface area contributed by atoms with Crippen LogP contribution in [-0.2, 0) is 6.54 Å². The first-order valence-corrected chi connectivity index (χ1v) is 12.1. The second kappa shape index (κ2) is 10.1. The molecule has 1 aromatic carbocycles. The van der Waals surface area contributed by atoms with Crippen LogP contribution in [0.4, 0.5) is 16.3 Å². The van der Waals surface area contributed by atoms with Crippen molar-refractivity contribution in [1.82, 2.24) is 24.5 Å². The van der Waals surface area contributed by atoms with Gasteiger partial charge in [-0.25, -0.2) is 9.78 Å². The van der Waals surface area contributed by atoms with E-state index in [2.05, 4.69) is 42.7 Å². The minimum atomic E-state index is -0.175. The van der Waals surface area contributed by atoms with Crippen LogP contribution in [0.2, 0.25) is 0 Å². The minimum absolute atomic E-state index is 0.0886. The van der Waals surface area contributed by atoms with Crippen molar-refractivity contribution in [3.63, 3.8) is 0 Å². The number of urea groups is 1. The van der Waals surface area contributed by atoms with Crippen LogP contribution < -0.4 is 10.6 Å². The van der Waals surface area contributed by atoms with E-state index in [1.807, 2.05) is 29.3 Å². The van der Waals surface area contributed by atoms with Crippen LogP contribution in [0.1, 0.15) is 35.6 Å². The van der Waals surface area contributed by atoms with Crippen LogP contribution in [0, 0.1) is 11.3 Å². The Kier molecular flexibility index (Phi) is 6.59. The number of piperidine rings is 1. The van der Waals surface area contributed by atoms with Gasteiger partial charge in [0.15, 0.2) is 5.65 Å². The predicted molar refractivity (Wildman–Crippen MR) is 136 cm³/mol. The molecular formula is C25H23BrN8O. The first-order valence-electron chi connectivity index (χ1n) is 11.3. The second-order valence-electron chi connectivity index (χ2n) is 8.42. The average molecular weight is 531 g/mol. The molecule has 1 fully saturated rings. The number of nitriles is 1. The maximum Gasteiger partial charge on any atom is 0.321 e. The summed E-state index contributed by atoms with van der Waals surface area (Å²) in [7, 11) is 0. The molecule has 0 bridgehead atoms. The quantitative estimate of drug-likeness (QED) is 0.384. The molecule has 2 N–H and O–H groups in total. The van der Waals surface area contributed by atoms with Crippen LogP contribution in [-0.4, -0.2) is 43.6 Å². The Morgan fingerprint density at radius 1 is 1.23 bits per heavy atom. The van der Waals surface area contributed by atoms with Gasteiger partial charge in [0.05, 0.1) is 28.0 Å². The summed E-state index contributed by atoms with van der Waals surface area (Å²) >= 11 is 3.56. The summed E-state index contributed by atoms with van der Waals surface area (Å²) in [6.07, 6.45) is 7.13. The highest BCUT2D eigenvalue weighted by Gasteiger charge is 2.27. The summed E-state index contributed by atoms with van der Waals surface area (Å²) in [5, 5.41) is 19.9. The van der Waals surface area contributed by atoms with Crippen molar-refractivity contribution in [3.05, 3.63) is 82.3 Å². The first-order chi connectivity index (χ1) is 17.1. The molecule has 4 aromatic rings. The molecule has 4 heterocycles. The maximum atomic E-state index is 13.0. The van der Waals surface area contributed by atoms with Crippen molar-refractivity contribution >= 4 is 39.1 Å². The molecule has 0 spiro atoms. The monoisotopic (exact) mass is 530 g/mol. The molecule has 1 atom stereocenters. The molecule has 5 rings (SSSR count). The number of fused-ring (bicyclic) bond motifs is 1. The van der Waals surface area contributed by atoms with E-state index in [4.69, 9.17) is 10.2 Å². The number of carbonyl (C=O) groups excluding carboxylic acids is 1. The van der Waals surface area contributed by atoms with Crippen LogP contribution in [0.15, 0.2) is 65.5 Å². The Labute approximate surface area is 210 Å². The molecule has 3 aromatic heterocycles. The van der Waals surface area contributed by atoms with E-state index in [0.29, 0.717) is 30.9 Å². The van der Waals surface area contributed by atoms with Gasteiger partial charge in [-0.1, -0.05) is 12.1 Å². The lowest BCUT2D eigenvalue weighted by molar-refractivity contribution is 0.192. The fourth-order valence-electron chi connectivity index (χ4n) is 4.26. The van der Waals surface area contributed by atoms with Gasteiger partial charge in [0.2, 0.25) is 0 Å². The molecule has 1 aliphatic heterocycles. The van der Waals surface area contributed by atoms with Crippen molar-refractivity contribution < 1.29 is 4.79 Å². The van der Waals surface area contributed by atoms with Gasteiger partial charge in [-0.05, 0) is 58.6 Å². The zero-order valence-electron chi connectivity index (χ0n) is 18.9. The normalized spacial score (nSPS) is 15.5. The van der Waals surface area contributed by atoms with E-state index in [0.717, 1.165) is 40.0 Å². The summed E-state index contributed by atoms with van der Waals surface area (Å²) in [6.45, 7) is 1.83. The summed E-state index contributed by atoms with van der Waals surface area (Å²) in [6, 6.07) is 14.8. The number of carbonyl (C=O) groups is 1. The minimum Gasteiger partial charge on any atom is -0.366 e. The number of likely N-dealkylation sites (tertiary alicyclic amines) is 1. The number of amides is 2. The zero-order chi connectivity index (χ0) is 24.2. The van der Waals surface area contributed by atoms with Gasteiger partial charge >= 0.3 is 6.03 Å². The molecule has 10 heteroatoms. The Hall–Kier alpha value is -3.97. The van der Waals surface area contributed by atoms with Gasteiger partial charge in [-0.3, -0.25) is 4.98 Å². The fourth-order valence-corrected chi connectivity index (χ4v) is 4.61. The largest absolute Gasteiger partial charge is 0.366 e. The van der Waals surface area contributed by atoms with Crippen molar-refractivity contribution in [2.24, 2.45) is 0 Å². The van der Waals surface area contributed by atoms with Crippen molar-refractivity contribution in [2.75, 3.05) is 23.7 Å². The predicted octanol–water partition coefficient (Wildman–Crippen LogP) is 4.78. The Morgan fingerprint density at radius 3 is 2.97 bits per heavy atom. The van der Waals surface area contributed by atoms with Crippen LogP contribution in [0.25, 0.3) is 5.65 Å². The average Bonchev–Trinajstić information content (AvgIpc) is 3.28. The lowest BCUT2D eigenvalue weighted by Crippen LogP contribution is -2.41. The molecule has 1 unspecified atom stereocenters. The number of benzene rings is 1. The number of aromatic nitrogens is 4. The molecule has 35 heavy (non-hydrogen) atoms. The topological polar surface area (TPSA) is 111 Å². The Morgan fingerprint density at radius 2 is 2.14 bits per heavy atom. The molecule has 9 nitrogen and oxygen atoms in total. The number of rotatable bonds is 5. The van der Waals surface area contributed by atoms with E-state index in [1.165, 1.54) is 0 Å². The summed E-state index contributed by atoms with van der Waals surface area (Å²) in [5.41, 5.74) is 3.82. The third-order valence-corrected chi connectivity index (χ3v) is 6.57. The lowest BCUT2D eigenvalue weighted by atomic mass is 9.94. The SMILES string of the molecule is N#Cc1cccc(NC(=O)N2CCCC(c3cc(NCc4cccnc4)n4ncc(Br)c4n3)C2)c1. The van der Waals surface area contributed by atoms with Crippen molar-refractivity contribution in [3.8, 4) is 6.07 Å². The second-order valence-corrected chi connectivity index (χ2v) is 9.27. The third kappa shape index (κ3) is 5.10. The van der Waals surface area contributed by atoms with E-state index in [-0.39, 0.29) is 11.9 Å². The molecular weight excluding hydrogens is 508 g/mol. The molecule has 0 saturated carbocycles. The number of halogens is 1. The highest BCUT2D eigenvalue weighted by atomic mass is 79.9. The van der Waals surface area contributed by atoms with Gasteiger partial charge < -0.3 is 15.5 Å². The Bertz CT molecular complexity index is 1400. The molecule has 0 aliphatic carbocycles. The third-order valence-electron chi connectivity index (χ3n) is 6.01. The number of pyridine rings is 1. The van der Waals surface area contributed by atoms with E-state index < -0.39 is 0 Å². The van der Waals surface area contributed by atoms with E-state index >= 15 is 0 Å². The van der Waals surface area contributed by atoms with Crippen LogP contribution >= 0.6 is 15.9 Å². The van der Waals surface area contributed by atoms with Gasteiger partial charge in [0, 0.05) is 49.7 Å². The van der Waals surface area contributed by atoms with Crippen molar-refractivity contribution in [2.45, 2.75) is 25.3 Å². The van der Waals surface area contributed by atoms with Crippen LogP contribution in [0.5, 0.6) is 0 Å². The summed E-state index contributed by atoms with van der Waals surface area (Å²) in [5.74, 6) is 0.917. The molecule has 0 radical (unpaired) electrons. The highest BCUT2D eigenvalue weighted by molar-refractivity contribution is 9.10. The number of anilines is 2. The number of nitrogens with one attached hydrogen (secondary N) is 2. The van der Waals surface area contributed by atoms with Crippen LogP contribution in [0.3, 0.4) is 0 Å². The summed E-state index contributed by atoms with van der Waals surface area (Å²) in [4.78, 5) is 23.8. The smallest absolute Gasteiger partial charge is 0.321 e. The zero-order valence-corrected chi connectivity index (χ0v) is 20.4. The fraction of sp³-hybridized carbons (Fsp3) is 0.240. The Balaban J connectivity index is 1.35. The van der Waals surface area contributed by atoms with Crippen molar-refractivity contribution in [1.29, 1.82) is 5.26 Å². The molecule has 1 saturated heterocycles. The number of nitrogens with zero attached hydrogens (tertiary/aromatic N) is 6. The maximum absolute atomic E-state index is 13.0. The van der Waals surface area contributed by atoms with Gasteiger partial charge in [0.25, 0.3) is 0 Å². The highest BCUT2D eigenvalue weighted by Crippen LogP contribution is 2.30. The molecule has 2 amide bonds. The lowest BCUT2D eigenvalue weighted by Gasteiger charge is -2.32. The van der Waals surface area contributed by atoms with Gasteiger partial charge in [-0.2, -0.15) is 14.9 Å². The summed E-state index contributed by atoms with van der Waals surface area (Å²) < 4.78 is 2.59. The van der Waals surface area contributed by atoms with Gasteiger partial charge in [0.1, 0.15) is 5.82 Å². The van der Waals surface area contributed by atoms with E-state index in [9.17, 15) is 4.79 Å². The standard InChI is InChI=1S/C25H23BrN8O/c26-21-15-30-34-23(29-14-18-5-2-8-28-13-18)11-22(32-24(21)34)19-6-3-9-33(16-19)25(35)31-20-7-1-4-17(10-20)12-27/h1-2,4-5,7-8,10-11,13,15,19,29H,3,6,9,14,16H2,(H,31,35). The first kappa shape index (κ1) is 22.8.